The van der Waals surface area contributed by atoms with Gasteiger partial charge in [0.15, 0.2) is 6.29 Å². The first-order chi connectivity index (χ1) is 18.6. The third-order valence-corrected chi connectivity index (χ3v) is 7.07. The van der Waals surface area contributed by atoms with Crippen LogP contribution in [0.25, 0.3) is 0 Å². The largest absolute Gasteiger partial charge is 0.394 e. The van der Waals surface area contributed by atoms with Crippen LogP contribution >= 0.6 is 0 Å². The van der Waals surface area contributed by atoms with E-state index in [0.29, 0.717) is 6.42 Å². The van der Waals surface area contributed by atoms with Crippen LogP contribution in [0.4, 0.5) is 4.39 Å². The van der Waals surface area contributed by atoms with Crippen molar-refractivity contribution in [1.29, 1.82) is 0 Å². The standard InChI is InChI=1S/C28H46FNO9/c1-18(32)24(34)21(17-38-28-27(37)26(36)25(35)22(16-31)39-28)30-23(33)11-9-7-5-3-2-4-6-8-10-19-12-14-20(29)15-13-19/h12-15,18,21-22,24-28,31-32,34-37H,2-11,16-17H2,1H3,(H,30,33)/t18-,21+,22?,24-,25-,26+,27?,28+/m1/s1. The minimum atomic E-state index is -1.61. The summed E-state index contributed by atoms with van der Waals surface area (Å²) < 4.78 is 23.7. The van der Waals surface area contributed by atoms with E-state index in [1.165, 1.54) is 19.1 Å². The summed E-state index contributed by atoms with van der Waals surface area (Å²) in [4.78, 5) is 12.5. The molecule has 10 nitrogen and oxygen atoms in total. The van der Waals surface area contributed by atoms with Gasteiger partial charge in [0.1, 0.15) is 36.3 Å². The summed E-state index contributed by atoms with van der Waals surface area (Å²) in [5.41, 5.74) is 1.15. The lowest BCUT2D eigenvalue weighted by atomic mass is 9.99. The van der Waals surface area contributed by atoms with E-state index in [9.17, 15) is 39.8 Å². The Balaban J connectivity index is 1.62. The van der Waals surface area contributed by atoms with Crippen molar-refractivity contribution in [2.24, 2.45) is 0 Å². The molecule has 0 bridgehead atoms. The van der Waals surface area contributed by atoms with Crippen molar-refractivity contribution < 1.29 is 49.3 Å². The van der Waals surface area contributed by atoms with E-state index in [2.05, 4.69) is 5.32 Å². The summed E-state index contributed by atoms with van der Waals surface area (Å²) in [5.74, 6) is -0.535. The molecule has 0 spiro atoms. The highest BCUT2D eigenvalue weighted by atomic mass is 19.1. The number of aliphatic hydroxyl groups excluding tert-OH is 6. The monoisotopic (exact) mass is 559 g/mol. The van der Waals surface area contributed by atoms with Gasteiger partial charge in [-0.3, -0.25) is 4.79 Å². The van der Waals surface area contributed by atoms with Gasteiger partial charge in [0.25, 0.3) is 0 Å². The molecule has 39 heavy (non-hydrogen) atoms. The summed E-state index contributed by atoms with van der Waals surface area (Å²) in [6.45, 7) is 0.404. The molecule has 1 aliphatic heterocycles. The number of amides is 1. The number of carbonyl (C=O) groups is 1. The zero-order chi connectivity index (χ0) is 28.8. The molecule has 1 amide bonds. The molecule has 11 heteroatoms. The van der Waals surface area contributed by atoms with Crippen LogP contribution in [0.3, 0.4) is 0 Å². The van der Waals surface area contributed by atoms with Crippen LogP contribution < -0.4 is 5.32 Å². The molecule has 0 aromatic heterocycles. The fourth-order valence-electron chi connectivity index (χ4n) is 4.57. The average molecular weight is 560 g/mol. The van der Waals surface area contributed by atoms with E-state index in [4.69, 9.17) is 9.47 Å². The summed E-state index contributed by atoms with van der Waals surface area (Å²) in [7, 11) is 0. The Kier molecular flexibility index (Phi) is 15.4. The molecular formula is C28H46FNO9. The van der Waals surface area contributed by atoms with Crippen LogP contribution in [0.1, 0.15) is 70.3 Å². The summed E-state index contributed by atoms with van der Waals surface area (Å²) in [6, 6.07) is 5.62. The Labute approximate surface area is 229 Å². The number of hydrogen-bond donors (Lipinski definition) is 7. The number of carbonyl (C=O) groups excluding carboxylic acids is 1. The predicted molar refractivity (Wildman–Crippen MR) is 141 cm³/mol. The Hall–Kier alpha value is -1.70. The third kappa shape index (κ3) is 11.7. The number of hydrogen-bond acceptors (Lipinski definition) is 9. The third-order valence-electron chi connectivity index (χ3n) is 7.07. The van der Waals surface area contributed by atoms with E-state index in [1.54, 1.807) is 0 Å². The molecule has 1 aromatic carbocycles. The van der Waals surface area contributed by atoms with Crippen LogP contribution in [0.15, 0.2) is 24.3 Å². The molecule has 1 saturated heterocycles. The van der Waals surface area contributed by atoms with Gasteiger partial charge in [-0.25, -0.2) is 4.39 Å². The minimum Gasteiger partial charge on any atom is -0.394 e. The smallest absolute Gasteiger partial charge is 0.220 e. The maximum absolute atomic E-state index is 12.9. The molecule has 1 fully saturated rings. The van der Waals surface area contributed by atoms with Gasteiger partial charge in [-0.15, -0.1) is 0 Å². The first kappa shape index (κ1) is 33.5. The maximum Gasteiger partial charge on any atom is 0.220 e. The zero-order valence-corrected chi connectivity index (χ0v) is 22.7. The Morgan fingerprint density at radius 1 is 0.949 bits per heavy atom. The van der Waals surface area contributed by atoms with Crippen molar-refractivity contribution in [3.63, 3.8) is 0 Å². The highest BCUT2D eigenvalue weighted by Gasteiger charge is 2.44. The lowest BCUT2D eigenvalue weighted by molar-refractivity contribution is -0.303. The lowest BCUT2D eigenvalue weighted by Gasteiger charge is -2.40. The average Bonchev–Trinajstić information content (AvgIpc) is 2.92. The minimum absolute atomic E-state index is 0.214. The van der Waals surface area contributed by atoms with Crippen molar-refractivity contribution in [1.82, 2.24) is 5.32 Å². The topological polar surface area (TPSA) is 169 Å². The SMILES string of the molecule is C[C@@H](O)[C@@H](O)[C@H](CO[C@H]1OC(CO)[C@@H](O)[C@H](O)C1O)NC(=O)CCCCCCCCCCc1ccc(F)cc1. The molecule has 1 aromatic rings. The predicted octanol–water partition coefficient (Wildman–Crippen LogP) is 0.922. The highest BCUT2D eigenvalue weighted by molar-refractivity contribution is 5.76. The number of nitrogens with one attached hydrogen (secondary N) is 1. The molecule has 0 aliphatic carbocycles. The Bertz CT molecular complexity index is 811. The molecule has 8 atom stereocenters. The van der Waals surface area contributed by atoms with Crippen LogP contribution in [-0.4, -0.2) is 98.7 Å². The number of rotatable bonds is 18. The van der Waals surface area contributed by atoms with E-state index < -0.39 is 55.6 Å². The molecular weight excluding hydrogens is 513 g/mol. The number of ether oxygens (including phenoxy) is 2. The highest BCUT2D eigenvalue weighted by Crippen LogP contribution is 2.22. The number of aliphatic hydroxyl groups is 6. The first-order valence-corrected chi connectivity index (χ1v) is 14.0. The van der Waals surface area contributed by atoms with Gasteiger partial charge in [0.05, 0.1) is 25.4 Å². The summed E-state index contributed by atoms with van der Waals surface area (Å²) in [6.07, 6.45) is -0.582. The fraction of sp³-hybridized carbons (Fsp3) is 0.750. The van der Waals surface area contributed by atoms with Crippen LogP contribution in [-0.2, 0) is 20.7 Å². The fourth-order valence-corrected chi connectivity index (χ4v) is 4.57. The van der Waals surface area contributed by atoms with Gasteiger partial charge < -0.3 is 45.4 Å². The summed E-state index contributed by atoms with van der Waals surface area (Å²) in [5, 5.41) is 62.0. The van der Waals surface area contributed by atoms with Crippen molar-refractivity contribution in [3.05, 3.63) is 35.6 Å². The van der Waals surface area contributed by atoms with E-state index >= 15 is 0 Å². The number of benzene rings is 1. The second-order valence-corrected chi connectivity index (χ2v) is 10.4. The molecule has 2 unspecified atom stereocenters. The van der Waals surface area contributed by atoms with Crippen molar-refractivity contribution in [2.75, 3.05) is 13.2 Å². The molecule has 0 radical (unpaired) electrons. The normalized spacial score (nSPS) is 25.7. The second-order valence-electron chi connectivity index (χ2n) is 10.4. The van der Waals surface area contributed by atoms with Gasteiger partial charge in [-0.05, 0) is 43.9 Å². The summed E-state index contributed by atoms with van der Waals surface area (Å²) >= 11 is 0. The molecule has 2 rings (SSSR count). The van der Waals surface area contributed by atoms with Crippen molar-refractivity contribution in [2.45, 2.75) is 120 Å². The number of unbranched alkanes of at least 4 members (excludes halogenated alkanes) is 7. The maximum atomic E-state index is 12.9. The van der Waals surface area contributed by atoms with Gasteiger partial charge in [-0.1, -0.05) is 50.7 Å². The Morgan fingerprint density at radius 3 is 2.13 bits per heavy atom. The van der Waals surface area contributed by atoms with Gasteiger partial charge >= 0.3 is 0 Å². The molecule has 224 valence electrons. The molecule has 7 N–H and O–H groups in total. The Morgan fingerprint density at radius 2 is 1.54 bits per heavy atom. The van der Waals surface area contributed by atoms with E-state index in [1.807, 2.05) is 12.1 Å². The van der Waals surface area contributed by atoms with Gasteiger partial charge in [0.2, 0.25) is 5.91 Å². The van der Waals surface area contributed by atoms with Crippen LogP contribution in [0.2, 0.25) is 0 Å². The van der Waals surface area contributed by atoms with Crippen molar-refractivity contribution in [3.8, 4) is 0 Å². The van der Waals surface area contributed by atoms with Crippen molar-refractivity contribution >= 4 is 5.91 Å². The second kappa shape index (κ2) is 17.9. The number of aryl methyl sites for hydroxylation is 1. The zero-order valence-electron chi connectivity index (χ0n) is 22.7. The molecule has 1 heterocycles. The quantitative estimate of drug-likeness (QED) is 0.129. The van der Waals surface area contributed by atoms with Crippen LogP contribution in [0.5, 0.6) is 0 Å². The van der Waals surface area contributed by atoms with Crippen LogP contribution in [0, 0.1) is 5.82 Å². The first-order valence-electron chi connectivity index (χ1n) is 14.0. The molecule has 0 saturated carbocycles. The lowest BCUT2D eigenvalue weighted by Crippen LogP contribution is -2.60. The molecule has 1 aliphatic rings. The van der Waals surface area contributed by atoms with E-state index in [-0.39, 0.29) is 24.8 Å². The van der Waals surface area contributed by atoms with E-state index in [0.717, 1.165) is 56.9 Å². The van der Waals surface area contributed by atoms with Gasteiger partial charge in [0, 0.05) is 6.42 Å². The number of halogens is 1. The van der Waals surface area contributed by atoms with Gasteiger partial charge in [-0.2, -0.15) is 0 Å².